The lowest BCUT2D eigenvalue weighted by molar-refractivity contribution is -0.180. The Bertz CT molecular complexity index is 1090. The molecule has 0 aromatic heterocycles. The maximum atomic E-state index is 13.6. The van der Waals surface area contributed by atoms with Gasteiger partial charge in [-0.1, -0.05) is 39.0 Å². The fraction of sp³-hybridized carbons (Fsp3) is 0.435. The van der Waals surface area contributed by atoms with Crippen LogP contribution in [0.25, 0.3) is 0 Å². The monoisotopic (exact) mass is 464 g/mol. The van der Waals surface area contributed by atoms with Gasteiger partial charge in [0.15, 0.2) is 0 Å². The number of sulfonamides is 1. The van der Waals surface area contributed by atoms with Crippen LogP contribution in [0, 0.1) is 12.7 Å². The van der Waals surface area contributed by atoms with Crippen LogP contribution in [0.4, 0.5) is 14.9 Å². The molecule has 2 N–H and O–H groups in total. The molecule has 9 heteroatoms. The molecule has 1 heterocycles. The fourth-order valence-corrected chi connectivity index (χ4v) is 5.22. The van der Waals surface area contributed by atoms with Crippen LogP contribution in [0.3, 0.4) is 0 Å². The third-order valence-corrected chi connectivity index (χ3v) is 7.59. The Balaban J connectivity index is 1.61. The van der Waals surface area contributed by atoms with Crippen molar-refractivity contribution in [3.63, 3.8) is 0 Å². The number of hydrogen-bond donors (Lipinski definition) is 2. The Morgan fingerprint density at radius 3 is 2.28 bits per heavy atom. The zero-order valence-corrected chi connectivity index (χ0v) is 19.5. The average Bonchev–Trinajstić information content (AvgIpc) is 2.69. The summed E-state index contributed by atoms with van der Waals surface area (Å²) >= 11 is 0. The molecule has 1 saturated heterocycles. The van der Waals surface area contributed by atoms with Crippen LogP contribution in [-0.2, 0) is 20.2 Å². The van der Waals surface area contributed by atoms with Crippen molar-refractivity contribution in [2.75, 3.05) is 18.4 Å². The minimum Gasteiger partial charge on any atom is -0.417 e. The molecule has 0 saturated carbocycles. The fourth-order valence-electron chi connectivity index (χ4n) is 3.54. The van der Waals surface area contributed by atoms with Gasteiger partial charge in [0.25, 0.3) is 0 Å². The smallest absolute Gasteiger partial charge is 0.414 e. The molecule has 174 valence electrons. The maximum Gasteiger partial charge on any atom is 0.414 e. The van der Waals surface area contributed by atoms with Gasteiger partial charge in [-0.25, -0.2) is 17.6 Å². The molecule has 32 heavy (non-hydrogen) atoms. The minimum atomic E-state index is -3.93. The van der Waals surface area contributed by atoms with Crippen molar-refractivity contribution in [2.24, 2.45) is 0 Å². The van der Waals surface area contributed by atoms with Crippen molar-refractivity contribution in [2.45, 2.75) is 56.6 Å². The van der Waals surface area contributed by atoms with Gasteiger partial charge >= 0.3 is 6.09 Å². The molecule has 0 spiro atoms. The van der Waals surface area contributed by atoms with Crippen molar-refractivity contribution in [3.8, 4) is 0 Å². The van der Waals surface area contributed by atoms with Gasteiger partial charge in [0.1, 0.15) is 5.82 Å². The van der Waals surface area contributed by atoms with Gasteiger partial charge in [0.05, 0.1) is 4.90 Å². The molecule has 7 nitrogen and oxygen atoms in total. The second kappa shape index (κ2) is 8.80. The van der Waals surface area contributed by atoms with Crippen LogP contribution in [0.5, 0.6) is 0 Å². The number of hydrogen-bond acceptors (Lipinski definition) is 5. The van der Waals surface area contributed by atoms with E-state index >= 15 is 0 Å². The first-order valence-corrected chi connectivity index (χ1v) is 11.8. The maximum absolute atomic E-state index is 13.6. The Hall–Kier alpha value is -2.49. The van der Waals surface area contributed by atoms with Gasteiger partial charge in [-0.3, -0.25) is 5.32 Å². The number of rotatable bonds is 4. The molecule has 2 aromatic carbocycles. The number of carbonyl (C=O) groups is 1. The highest BCUT2D eigenvalue weighted by atomic mass is 32.2. The summed E-state index contributed by atoms with van der Waals surface area (Å²) in [6, 6.07) is 10.9. The molecule has 0 radical (unpaired) electrons. The summed E-state index contributed by atoms with van der Waals surface area (Å²) in [4.78, 5) is 12.2. The van der Waals surface area contributed by atoms with Crippen LogP contribution in [0.1, 0.15) is 44.7 Å². The zero-order valence-electron chi connectivity index (χ0n) is 18.7. The number of nitrogens with zero attached hydrogens (tertiary/aromatic N) is 1. The number of benzene rings is 2. The van der Waals surface area contributed by atoms with Crippen LogP contribution in [0.15, 0.2) is 47.4 Å². The number of aryl methyl sites for hydroxylation is 1. The summed E-state index contributed by atoms with van der Waals surface area (Å²) in [5, 5.41) is 13.2. The van der Waals surface area contributed by atoms with Crippen molar-refractivity contribution in [3.05, 3.63) is 59.4 Å². The molecule has 0 atom stereocenters. The molecule has 1 aliphatic heterocycles. The van der Waals surface area contributed by atoms with Crippen LogP contribution < -0.4 is 5.32 Å². The van der Waals surface area contributed by atoms with Crippen LogP contribution in [0.2, 0.25) is 0 Å². The van der Waals surface area contributed by atoms with E-state index in [1.165, 1.54) is 12.1 Å². The summed E-state index contributed by atoms with van der Waals surface area (Å²) in [7, 11) is -3.93. The number of carbonyl (C=O) groups excluding carboxylic acids is 1. The van der Waals surface area contributed by atoms with Gasteiger partial charge in [-0.15, -0.1) is 0 Å². The largest absolute Gasteiger partial charge is 0.417 e. The highest BCUT2D eigenvalue weighted by molar-refractivity contribution is 7.89. The molecule has 0 aliphatic carbocycles. The van der Waals surface area contributed by atoms with Gasteiger partial charge in [0, 0.05) is 31.6 Å². The third-order valence-electron chi connectivity index (χ3n) is 5.55. The lowest BCUT2D eigenvalue weighted by atomic mass is 9.87. The second-order valence-electron chi connectivity index (χ2n) is 9.10. The van der Waals surface area contributed by atoms with Crippen molar-refractivity contribution < 1.29 is 27.4 Å². The molecule has 1 amide bonds. The van der Waals surface area contributed by atoms with E-state index in [0.29, 0.717) is 11.3 Å². The minimum absolute atomic E-state index is 0.0213. The topological polar surface area (TPSA) is 95.9 Å². The summed E-state index contributed by atoms with van der Waals surface area (Å²) < 4.78 is 45.7. The lowest BCUT2D eigenvalue weighted by Crippen LogP contribution is -2.49. The summed E-state index contributed by atoms with van der Waals surface area (Å²) in [5.41, 5.74) is 2.04. The molecule has 1 aliphatic rings. The zero-order chi connectivity index (χ0) is 23.7. The summed E-state index contributed by atoms with van der Waals surface area (Å²) in [6.07, 6.45) is -1.03. The predicted molar refractivity (Wildman–Crippen MR) is 119 cm³/mol. The Morgan fingerprint density at radius 1 is 1.12 bits per heavy atom. The number of halogens is 1. The van der Waals surface area contributed by atoms with E-state index in [-0.39, 0.29) is 36.2 Å². The number of nitrogens with one attached hydrogen (secondary N) is 1. The van der Waals surface area contributed by atoms with E-state index in [4.69, 9.17) is 4.74 Å². The Morgan fingerprint density at radius 2 is 1.72 bits per heavy atom. The van der Waals surface area contributed by atoms with Crippen LogP contribution >= 0.6 is 0 Å². The van der Waals surface area contributed by atoms with E-state index in [1.807, 2.05) is 12.1 Å². The Labute approximate surface area is 188 Å². The molecular weight excluding hydrogens is 435 g/mol. The van der Waals surface area contributed by atoms with Crippen LogP contribution in [-0.4, -0.2) is 42.8 Å². The van der Waals surface area contributed by atoms with E-state index in [0.717, 1.165) is 15.9 Å². The van der Waals surface area contributed by atoms with E-state index < -0.39 is 27.7 Å². The van der Waals surface area contributed by atoms with Gasteiger partial charge in [0.2, 0.25) is 15.8 Å². The van der Waals surface area contributed by atoms with Gasteiger partial charge in [-0.2, -0.15) is 4.31 Å². The van der Waals surface area contributed by atoms with Crippen molar-refractivity contribution >= 4 is 21.8 Å². The predicted octanol–water partition coefficient (Wildman–Crippen LogP) is 4.15. The normalized spacial score (nSPS) is 17.1. The average molecular weight is 465 g/mol. The molecular formula is C23H29FN2O5S. The second-order valence-corrected chi connectivity index (χ2v) is 11.0. The Kier molecular flexibility index (Phi) is 6.65. The quantitative estimate of drug-likeness (QED) is 0.663. The van der Waals surface area contributed by atoms with Crippen molar-refractivity contribution in [1.82, 2.24) is 4.31 Å². The number of piperidine rings is 1. The first-order valence-electron chi connectivity index (χ1n) is 10.4. The molecule has 1 fully saturated rings. The van der Waals surface area contributed by atoms with Gasteiger partial charge in [-0.05, 0) is 47.7 Å². The summed E-state index contributed by atoms with van der Waals surface area (Å²) in [5.74, 6) is -2.43. The van der Waals surface area contributed by atoms with Crippen molar-refractivity contribution in [1.29, 1.82) is 0 Å². The lowest BCUT2D eigenvalue weighted by Gasteiger charge is -2.36. The number of ether oxygens (including phenoxy) is 1. The highest BCUT2D eigenvalue weighted by Gasteiger charge is 2.40. The number of aliphatic hydroxyl groups is 1. The molecule has 0 unspecified atom stereocenters. The third kappa shape index (κ3) is 5.46. The standard InChI is InChI=1S/C23H29FN2O5S/c1-16-5-8-18(24)15-20(16)32(29,30)26-13-11-23(28,12-14-26)31-21(27)25-19-9-6-17(7-10-19)22(2,3)4/h5-10,15,28H,11-14H2,1-4H3,(H,25,27). The number of anilines is 1. The molecule has 3 rings (SSSR count). The summed E-state index contributed by atoms with van der Waals surface area (Å²) in [6.45, 7) is 7.71. The number of amides is 1. The SMILES string of the molecule is Cc1ccc(F)cc1S(=O)(=O)N1CCC(O)(OC(=O)Nc2ccc(C(C)(C)C)cc2)CC1. The highest BCUT2D eigenvalue weighted by Crippen LogP contribution is 2.30. The van der Waals surface area contributed by atoms with E-state index in [1.54, 1.807) is 19.1 Å². The van der Waals surface area contributed by atoms with Gasteiger partial charge < -0.3 is 9.84 Å². The first-order chi connectivity index (χ1) is 14.8. The molecule has 2 aromatic rings. The van der Waals surface area contributed by atoms with E-state index in [9.17, 15) is 22.7 Å². The molecule has 0 bridgehead atoms. The first kappa shape index (κ1) is 24.2. The van der Waals surface area contributed by atoms with E-state index in [2.05, 4.69) is 26.1 Å².